The smallest absolute Gasteiger partial charge is 0.200 e. The molecule has 1 atom stereocenters. The van der Waals surface area contributed by atoms with Crippen LogP contribution >= 0.6 is 0 Å². The summed E-state index contributed by atoms with van der Waals surface area (Å²) in [4.78, 5) is 0. The van der Waals surface area contributed by atoms with Gasteiger partial charge in [-0.15, -0.1) is 0 Å². The standard InChI is InChI=1S/C9H12O4/c1-2-6(10)5-3-4-7(11)9(13)8(5)12/h3-4,6,10-13H,2H2,1H3. The van der Waals surface area contributed by atoms with Crippen LogP contribution in [0.25, 0.3) is 0 Å². The van der Waals surface area contributed by atoms with E-state index in [0.717, 1.165) is 0 Å². The van der Waals surface area contributed by atoms with Crippen molar-refractivity contribution in [1.82, 2.24) is 0 Å². The van der Waals surface area contributed by atoms with E-state index in [1.54, 1.807) is 6.92 Å². The summed E-state index contributed by atoms with van der Waals surface area (Å²) in [5.74, 6) is -1.45. The highest BCUT2D eigenvalue weighted by Crippen LogP contribution is 2.40. The molecule has 0 heterocycles. The summed E-state index contributed by atoms with van der Waals surface area (Å²) in [5.41, 5.74) is 0.220. The van der Waals surface area contributed by atoms with Crippen LogP contribution in [-0.2, 0) is 0 Å². The van der Waals surface area contributed by atoms with E-state index in [1.807, 2.05) is 0 Å². The Morgan fingerprint density at radius 2 is 1.77 bits per heavy atom. The number of phenols is 3. The van der Waals surface area contributed by atoms with Gasteiger partial charge in [-0.3, -0.25) is 0 Å². The van der Waals surface area contributed by atoms with Crippen LogP contribution in [0.1, 0.15) is 25.0 Å². The quantitative estimate of drug-likeness (QED) is 0.521. The Kier molecular flexibility index (Phi) is 2.63. The normalized spacial score (nSPS) is 12.8. The average molecular weight is 184 g/mol. The number of hydrogen-bond acceptors (Lipinski definition) is 4. The molecule has 0 aliphatic carbocycles. The van der Waals surface area contributed by atoms with Crippen LogP contribution in [-0.4, -0.2) is 20.4 Å². The summed E-state index contributed by atoms with van der Waals surface area (Å²) in [6, 6.07) is 2.60. The molecule has 1 aromatic rings. The van der Waals surface area contributed by atoms with Crippen molar-refractivity contribution >= 4 is 0 Å². The van der Waals surface area contributed by atoms with Crippen molar-refractivity contribution in [1.29, 1.82) is 0 Å². The highest BCUT2D eigenvalue weighted by Gasteiger charge is 2.15. The minimum absolute atomic E-state index is 0.220. The molecule has 72 valence electrons. The van der Waals surface area contributed by atoms with E-state index in [2.05, 4.69) is 0 Å². The number of hydrogen-bond donors (Lipinski definition) is 4. The van der Waals surface area contributed by atoms with Gasteiger partial charge in [0.2, 0.25) is 5.75 Å². The summed E-state index contributed by atoms with van der Waals surface area (Å²) in [6.45, 7) is 1.74. The van der Waals surface area contributed by atoms with Gasteiger partial charge in [0, 0.05) is 5.56 Å². The third-order valence-corrected chi connectivity index (χ3v) is 1.91. The second-order valence-corrected chi connectivity index (χ2v) is 2.80. The Bertz CT molecular complexity index is 309. The molecule has 1 unspecified atom stereocenters. The maximum Gasteiger partial charge on any atom is 0.200 e. The first-order chi connectivity index (χ1) is 6.07. The first-order valence-corrected chi connectivity index (χ1v) is 3.99. The maximum atomic E-state index is 9.37. The van der Waals surface area contributed by atoms with Crippen LogP contribution in [0.2, 0.25) is 0 Å². The van der Waals surface area contributed by atoms with Crippen molar-refractivity contribution < 1.29 is 20.4 Å². The lowest BCUT2D eigenvalue weighted by molar-refractivity contribution is 0.168. The highest BCUT2D eigenvalue weighted by atomic mass is 16.3. The van der Waals surface area contributed by atoms with Gasteiger partial charge < -0.3 is 20.4 Å². The highest BCUT2D eigenvalue weighted by molar-refractivity contribution is 5.53. The predicted molar refractivity (Wildman–Crippen MR) is 46.7 cm³/mol. The van der Waals surface area contributed by atoms with Gasteiger partial charge in [-0.05, 0) is 18.6 Å². The van der Waals surface area contributed by atoms with E-state index in [1.165, 1.54) is 12.1 Å². The van der Waals surface area contributed by atoms with Crippen LogP contribution in [0, 0.1) is 0 Å². The molecule has 0 aromatic heterocycles. The molecule has 4 heteroatoms. The third kappa shape index (κ3) is 1.67. The third-order valence-electron chi connectivity index (χ3n) is 1.91. The second-order valence-electron chi connectivity index (χ2n) is 2.80. The Morgan fingerprint density at radius 3 is 2.31 bits per heavy atom. The summed E-state index contributed by atoms with van der Waals surface area (Å²) in [7, 11) is 0. The molecule has 0 fully saturated rings. The Hall–Kier alpha value is -1.42. The monoisotopic (exact) mass is 184 g/mol. The minimum Gasteiger partial charge on any atom is -0.504 e. The van der Waals surface area contributed by atoms with E-state index < -0.39 is 23.4 Å². The predicted octanol–water partition coefficient (Wildman–Crippen LogP) is 1.25. The fraction of sp³-hybridized carbons (Fsp3) is 0.333. The lowest BCUT2D eigenvalue weighted by atomic mass is 10.1. The van der Waals surface area contributed by atoms with Crippen molar-refractivity contribution in [2.24, 2.45) is 0 Å². The maximum absolute atomic E-state index is 9.37. The number of phenolic OH excluding ortho intramolecular Hbond substituents is 3. The molecular weight excluding hydrogens is 172 g/mol. The Morgan fingerprint density at radius 1 is 1.15 bits per heavy atom. The van der Waals surface area contributed by atoms with Gasteiger partial charge in [0.25, 0.3) is 0 Å². The molecule has 0 bridgehead atoms. The molecule has 1 rings (SSSR count). The summed E-state index contributed by atoms with van der Waals surface area (Å²) in [5, 5.41) is 36.8. The van der Waals surface area contributed by atoms with Gasteiger partial charge >= 0.3 is 0 Å². The Balaban J connectivity index is 3.18. The molecule has 0 saturated carbocycles. The van der Waals surface area contributed by atoms with Crippen LogP contribution in [0.4, 0.5) is 0 Å². The fourth-order valence-corrected chi connectivity index (χ4v) is 1.07. The molecule has 13 heavy (non-hydrogen) atoms. The zero-order chi connectivity index (χ0) is 10.0. The summed E-state index contributed by atoms with van der Waals surface area (Å²) in [6.07, 6.45) is -0.399. The zero-order valence-electron chi connectivity index (χ0n) is 7.23. The lowest BCUT2D eigenvalue weighted by Gasteiger charge is -2.11. The molecule has 0 spiro atoms. The second kappa shape index (κ2) is 3.53. The van der Waals surface area contributed by atoms with E-state index in [9.17, 15) is 10.2 Å². The molecule has 4 nitrogen and oxygen atoms in total. The molecule has 0 aliphatic rings. The van der Waals surface area contributed by atoms with E-state index in [4.69, 9.17) is 10.2 Å². The van der Waals surface area contributed by atoms with E-state index in [0.29, 0.717) is 6.42 Å². The topological polar surface area (TPSA) is 80.9 Å². The van der Waals surface area contributed by atoms with Gasteiger partial charge in [-0.25, -0.2) is 0 Å². The van der Waals surface area contributed by atoms with E-state index >= 15 is 0 Å². The number of aromatic hydroxyl groups is 3. The first kappa shape index (κ1) is 9.67. The van der Waals surface area contributed by atoms with Crippen molar-refractivity contribution in [3.8, 4) is 17.2 Å². The summed E-state index contributed by atoms with van der Waals surface area (Å²) < 4.78 is 0. The van der Waals surface area contributed by atoms with E-state index in [-0.39, 0.29) is 5.56 Å². The van der Waals surface area contributed by atoms with Gasteiger partial charge in [-0.1, -0.05) is 6.92 Å². The minimum atomic E-state index is -0.827. The molecule has 0 amide bonds. The van der Waals surface area contributed by atoms with Crippen LogP contribution in [0.3, 0.4) is 0 Å². The molecule has 1 aromatic carbocycles. The molecular formula is C9H12O4. The van der Waals surface area contributed by atoms with Crippen molar-refractivity contribution in [2.75, 3.05) is 0 Å². The van der Waals surface area contributed by atoms with Crippen molar-refractivity contribution in [3.63, 3.8) is 0 Å². The number of aliphatic hydroxyl groups excluding tert-OH is 1. The first-order valence-electron chi connectivity index (χ1n) is 3.99. The van der Waals surface area contributed by atoms with Gasteiger partial charge in [0.1, 0.15) is 0 Å². The summed E-state index contributed by atoms with van der Waals surface area (Å²) >= 11 is 0. The van der Waals surface area contributed by atoms with Gasteiger partial charge in [0.05, 0.1) is 6.10 Å². The van der Waals surface area contributed by atoms with Crippen molar-refractivity contribution in [2.45, 2.75) is 19.4 Å². The average Bonchev–Trinajstić information content (AvgIpc) is 2.13. The van der Waals surface area contributed by atoms with Gasteiger partial charge in [-0.2, -0.15) is 0 Å². The molecule has 0 radical (unpaired) electrons. The molecule has 4 N–H and O–H groups in total. The molecule has 0 saturated heterocycles. The van der Waals surface area contributed by atoms with Gasteiger partial charge in [0.15, 0.2) is 11.5 Å². The SMILES string of the molecule is CCC(O)c1ccc(O)c(O)c1O. The number of benzene rings is 1. The van der Waals surface area contributed by atoms with Crippen LogP contribution < -0.4 is 0 Å². The lowest BCUT2D eigenvalue weighted by Crippen LogP contribution is -1.95. The fourth-order valence-electron chi connectivity index (χ4n) is 1.07. The molecule has 0 aliphatic heterocycles. The number of rotatable bonds is 2. The Labute approximate surface area is 75.7 Å². The largest absolute Gasteiger partial charge is 0.504 e. The zero-order valence-corrected chi connectivity index (χ0v) is 7.23. The van der Waals surface area contributed by atoms with Crippen LogP contribution in [0.15, 0.2) is 12.1 Å². The van der Waals surface area contributed by atoms with Crippen molar-refractivity contribution in [3.05, 3.63) is 17.7 Å². The number of aliphatic hydroxyl groups is 1. The van der Waals surface area contributed by atoms with Crippen LogP contribution in [0.5, 0.6) is 17.2 Å².